The smallest absolute Gasteiger partial charge is 0.163 e. The third kappa shape index (κ3) is 15.4. The van der Waals surface area contributed by atoms with E-state index in [1.165, 1.54) is 43.8 Å². The van der Waals surface area contributed by atoms with E-state index >= 15 is 0 Å². The van der Waals surface area contributed by atoms with Crippen LogP contribution in [0.4, 0.5) is 51.2 Å². The number of nitrogens with zero attached hydrogens (tertiary/aromatic N) is 3. The fourth-order valence-electron chi connectivity index (χ4n) is 15.2. The zero-order valence-electron chi connectivity index (χ0n) is 63.8. The van der Waals surface area contributed by atoms with Gasteiger partial charge in [0.2, 0.25) is 0 Å². The summed E-state index contributed by atoms with van der Waals surface area (Å²) in [6.07, 6.45) is 0. The van der Waals surface area contributed by atoms with Crippen molar-refractivity contribution in [3.63, 3.8) is 0 Å². The summed E-state index contributed by atoms with van der Waals surface area (Å²) < 4.78 is 16.4. The topological polar surface area (TPSA) is 88.6 Å². The van der Waals surface area contributed by atoms with Gasteiger partial charge in [-0.25, -0.2) is 0 Å². The van der Waals surface area contributed by atoms with Gasteiger partial charge in [0.15, 0.2) is 17.3 Å². The summed E-state index contributed by atoms with van der Waals surface area (Å²) in [6.45, 7) is 10.3. The Hall–Kier alpha value is -13.9. The lowest BCUT2D eigenvalue weighted by Gasteiger charge is -2.29. The third-order valence-electron chi connectivity index (χ3n) is 20.5. The molecule has 0 aliphatic rings. The Bertz CT molecular complexity index is 6120. The van der Waals surface area contributed by atoms with Crippen molar-refractivity contribution in [1.82, 2.24) is 0 Å². The van der Waals surface area contributed by atoms with Gasteiger partial charge in [0, 0.05) is 50.3 Å². The van der Waals surface area contributed by atoms with Crippen molar-refractivity contribution in [3.8, 4) is 22.3 Å². The zero-order chi connectivity index (χ0) is 77.1. The summed E-state index contributed by atoms with van der Waals surface area (Å²) in [5.41, 5.74) is 18.8. The highest BCUT2D eigenvalue weighted by molar-refractivity contribution is 6.31. The van der Waals surface area contributed by atoms with Gasteiger partial charge in [-0.3, -0.25) is 14.4 Å². The molecule has 544 valence electrons. The summed E-state index contributed by atoms with van der Waals surface area (Å²) in [5, 5.41) is 11.3. The van der Waals surface area contributed by atoms with Crippen LogP contribution in [0.1, 0.15) is 58.2 Å². The van der Waals surface area contributed by atoms with E-state index < -0.39 is 0 Å². The molecule has 0 aromatic heterocycles. The highest BCUT2D eigenvalue weighted by atomic mass is 16.5. The molecule has 9 heteroatoms. The maximum absolute atomic E-state index is 12.8. The number of para-hydroxylation sites is 3. The highest BCUT2D eigenvalue weighted by Crippen LogP contribution is 2.48. The molecule has 0 bridgehead atoms. The van der Waals surface area contributed by atoms with Crippen molar-refractivity contribution in [1.29, 1.82) is 0 Å². The molecular formula is C102H85N3O6. The van der Waals surface area contributed by atoms with E-state index in [2.05, 4.69) is 282 Å². The number of benzene rings is 16. The monoisotopic (exact) mass is 1450 g/mol. The lowest BCUT2D eigenvalue weighted by molar-refractivity contribution is -0.112. The fourth-order valence-corrected chi connectivity index (χ4v) is 15.2. The molecule has 16 aromatic carbocycles. The van der Waals surface area contributed by atoms with Gasteiger partial charge in [-0.1, -0.05) is 261 Å². The predicted octanol–water partition coefficient (Wildman–Crippen LogP) is 26.9. The van der Waals surface area contributed by atoms with Crippen LogP contribution in [-0.4, -0.2) is 38.7 Å². The largest absolute Gasteiger partial charge is 0.501 e. The third-order valence-corrected chi connectivity index (χ3v) is 20.5. The summed E-state index contributed by atoms with van der Waals surface area (Å²) in [7, 11) is 4.81. The molecule has 0 fully saturated rings. The SMILES string of the molecule is CO/C(C)=C(\C(C)=O)c1ccc(N(c2ccccc2)c2ccc(-c3ccccc3)cc2)c2ccccc12.CO/C(C)=C(\C(C)=O)c1ccc(N(c2ccccc2)c2ccc(-c3ccccc3)cc2)cc1.CO/C(C)=C(\C(C)=O)c1ccc2ccc3c(N(c4ccccc4)c4cccc5ccccc45)ccc4ccc1c2c43. The number of hydrogen-bond donors (Lipinski definition) is 0. The van der Waals surface area contributed by atoms with Gasteiger partial charge in [0.25, 0.3) is 0 Å². The molecule has 0 saturated carbocycles. The van der Waals surface area contributed by atoms with E-state index in [4.69, 9.17) is 14.2 Å². The Morgan fingerprint density at radius 1 is 0.225 bits per heavy atom. The molecule has 111 heavy (non-hydrogen) atoms. The minimum atomic E-state index is -0.0198. The number of rotatable bonds is 20. The van der Waals surface area contributed by atoms with Crippen LogP contribution in [0.5, 0.6) is 0 Å². The number of carbonyl (C=O) groups is 3. The number of anilines is 9. The molecule has 0 atom stereocenters. The van der Waals surface area contributed by atoms with Crippen LogP contribution in [0.25, 0.3) is 92.8 Å². The van der Waals surface area contributed by atoms with Crippen LogP contribution < -0.4 is 14.7 Å². The number of carbonyl (C=O) groups excluding carboxylic acids is 3. The van der Waals surface area contributed by atoms with Crippen molar-refractivity contribution in [3.05, 3.63) is 386 Å². The molecule has 0 heterocycles. The number of ketones is 3. The summed E-state index contributed by atoms with van der Waals surface area (Å²) >= 11 is 0. The van der Waals surface area contributed by atoms with Crippen molar-refractivity contribution < 1.29 is 28.6 Å². The zero-order valence-corrected chi connectivity index (χ0v) is 63.8. The first kappa shape index (κ1) is 74.0. The van der Waals surface area contributed by atoms with Gasteiger partial charge in [-0.15, -0.1) is 0 Å². The van der Waals surface area contributed by atoms with E-state index in [0.29, 0.717) is 34.0 Å². The predicted molar refractivity (Wildman–Crippen MR) is 464 cm³/mol. The maximum atomic E-state index is 12.8. The van der Waals surface area contributed by atoms with Gasteiger partial charge in [0.05, 0.1) is 55.1 Å². The molecule has 0 aliphatic carbocycles. The van der Waals surface area contributed by atoms with Gasteiger partial charge >= 0.3 is 0 Å². The van der Waals surface area contributed by atoms with Crippen LogP contribution in [0.2, 0.25) is 0 Å². The quantitative estimate of drug-likeness (QED) is 0.0420. The molecule has 0 radical (unpaired) electrons. The first-order valence-corrected chi connectivity index (χ1v) is 37.2. The van der Waals surface area contributed by atoms with E-state index in [-0.39, 0.29) is 17.3 Å². The van der Waals surface area contributed by atoms with E-state index in [1.54, 1.807) is 42.1 Å². The maximum Gasteiger partial charge on any atom is 0.163 e. The lowest BCUT2D eigenvalue weighted by atomic mass is 9.88. The number of ether oxygens (including phenoxy) is 3. The molecule has 16 aromatic rings. The van der Waals surface area contributed by atoms with E-state index in [9.17, 15) is 14.4 Å². The Balaban J connectivity index is 0.000000139. The molecular weight excluding hydrogens is 1360 g/mol. The normalized spacial score (nSPS) is 11.8. The van der Waals surface area contributed by atoms with Gasteiger partial charge in [-0.05, 0) is 209 Å². The number of fused-ring (bicyclic) bond motifs is 2. The van der Waals surface area contributed by atoms with Crippen molar-refractivity contribution in [2.75, 3.05) is 36.0 Å². The summed E-state index contributed by atoms with van der Waals surface area (Å²) in [6, 6.07) is 122. The molecule has 16 rings (SSSR count). The highest BCUT2D eigenvalue weighted by Gasteiger charge is 2.25. The first-order chi connectivity index (χ1) is 54.2. The van der Waals surface area contributed by atoms with Gasteiger partial charge in [0.1, 0.15) is 17.3 Å². The van der Waals surface area contributed by atoms with Crippen LogP contribution in [-0.2, 0) is 28.6 Å². The summed E-state index contributed by atoms with van der Waals surface area (Å²) in [4.78, 5) is 44.5. The van der Waals surface area contributed by atoms with Crippen LogP contribution >= 0.6 is 0 Å². The average Bonchev–Trinajstić information content (AvgIpc) is 0.722. The molecule has 0 spiro atoms. The Kier molecular flexibility index (Phi) is 22.3. The molecule has 0 unspecified atom stereocenters. The van der Waals surface area contributed by atoms with E-state index in [0.717, 1.165) is 100 Å². The average molecular weight is 1450 g/mol. The minimum Gasteiger partial charge on any atom is -0.501 e. The number of Topliss-reactive ketones (excluding diaryl/α,β-unsaturated/α-hetero) is 3. The number of hydrogen-bond acceptors (Lipinski definition) is 9. The van der Waals surface area contributed by atoms with Gasteiger partial charge < -0.3 is 28.9 Å². The van der Waals surface area contributed by atoms with Crippen molar-refractivity contribution >= 4 is 139 Å². The minimum absolute atomic E-state index is 0.00807. The number of methoxy groups -OCH3 is 3. The molecule has 9 nitrogen and oxygen atoms in total. The molecule has 0 N–H and O–H groups in total. The second kappa shape index (κ2) is 33.5. The standard InChI is InChI=1S/C38H29NO2.C34H29NO2.C30H27NO2/c1-24(40)36(25(2)41-3)31-20-16-27-18-22-33-35(23-19-28-17-21-32(31)37(27)38(28)33)39(29-12-5-4-6-13-29)34-15-9-11-26-10-7-8-14-30(26)34;1-24(36)34(25(2)37-3)32-22-23-33(31-17-11-10-16-30(31)32)35(28-14-8-5-9-15-28)29-20-18-27(19-21-29)26-12-6-4-7-13-26;1-22(32)30(23(2)33-3)26-16-20-29(21-17-26)31(27-12-8-5-9-13-27)28-18-14-25(15-19-28)24-10-6-4-7-11-24/h4-23H,1-3H3;4-23H,1-3H3;4-21H,1-3H3/b36-25+;34-25+;30-23+. The van der Waals surface area contributed by atoms with Crippen LogP contribution in [0.3, 0.4) is 0 Å². The molecule has 0 amide bonds. The molecule has 0 aliphatic heterocycles. The van der Waals surface area contributed by atoms with Crippen molar-refractivity contribution in [2.45, 2.75) is 41.5 Å². The summed E-state index contributed by atoms with van der Waals surface area (Å²) in [5.74, 6) is 1.81. The second-order valence-electron chi connectivity index (χ2n) is 27.3. The Labute approximate surface area is 649 Å². The Morgan fingerprint density at radius 3 is 1.05 bits per heavy atom. The van der Waals surface area contributed by atoms with Crippen LogP contribution in [0, 0.1) is 0 Å². The second-order valence-corrected chi connectivity index (χ2v) is 27.3. The fraction of sp³-hybridized carbons (Fsp3) is 0.0882. The number of allylic oxidation sites excluding steroid dienone is 6. The van der Waals surface area contributed by atoms with E-state index in [1.807, 2.05) is 106 Å². The van der Waals surface area contributed by atoms with Crippen molar-refractivity contribution in [2.24, 2.45) is 0 Å². The van der Waals surface area contributed by atoms with Crippen LogP contribution in [0.15, 0.2) is 369 Å². The van der Waals surface area contributed by atoms with Gasteiger partial charge in [-0.2, -0.15) is 0 Å². The first-order valence-electron chi connectivity index (χ1n) is 37.2. The lowest BCUT2D eigenvalue weighted by Crippen LogP contribution is -2.11. The Morgan fingerprint density at radius 2 is 0.550 bits per heavy atom. The molecule has 0 saturated heterocycles.